The molecule has 20 heavy (non-hydrogen) atoms. The third kappa shape index (κ3) is 5.16. The second kappa shape index (κ2) is 9.02. The fraction of sp³-hybridized carbons (Fsp3) is 0.667. The van der Waals surface area contributed by atoms with Crippen LogP contribution in [0.15, 0.2) is 24.3 Å². The Morgan fingerprint density at radius 1 is 1.05 bits per heavy atom. The average Bonchev–Trinajstić information content (AvgIpc) is 2.46. The van der Waals surface area contributed by atoms with Crippen LogP contribution in [0, 0.1) is 5.92 Å². The molecule has 1 unspecified atom stereocenters. The highest BCUT2D eigenvalue weighted by molar-refractivity contribution is 5.48. The van der Waals surface area contributed by atoms with Crippen LogP contribution in [-0.4, -0.2) is 19.6 Å². The molecule has 2 heteroatoms. The summed E-state index contributed by atoms with van der Waals surface area (Å²) >= 11 is 0. The van der Waals surface area contributed by atoms with Gasteiger partial charge in [0.15, 0.2) is 0 Å². The molecule has 2 nitrogen and oxygen atoms in total. The lowest BCUT2D eigenvalue weighted by Crippen LogP contribution is -2.27. The molecule has 0 saturated heterocycles. The van der Waals surface area contributed by atoms with Gasteiger partial charge in [0.05, 0.1) is 0 Å². The van der Waals surface area contributed by atoms with E-state index < -0.39 is 0 Å². The predicted octanol–water partition coefficient (Wildman–Crippen LogP) is 4.62. The van der Waals surface area contributed by atoms with Crippen molar-refractivity contribution in [2.45, 2.75) is 53.5 Å². The van der Waals surface area contributed by atoms with Crippen molar-refractivity contribution in [3.05, 3.63) is 29.8 Å². The molecule has 1 aromatic carbocycles. The van der Waals surface area contributed by atoms with E-state index in [4.69, 9.17) is 0 Å². The number of hydrogen-bond donors (Lipinski definition) is 1. The van der Waals surface area contributed by atoms with Crippen molar-refractivity contribution in [3.8, 4) is 0 Å². The van der Waals surface area contributed by atoms with E-state index in [1.165, 1.54) is 17.7 Å². The van der Waals surface area contributed by atoms with Crippen molar-refractivity contribution in [3.63, 3.8) is 0 Å². The van der Waals surface area contributed by atoms with Crippen LogP contribution in [0.25, 0.3) is 0 Å². The summed E-state index contributed by atoms with van der Waals surface area (Å²) in [5.41, 5.74) is 2.75. The molecular formula is C18H32N2. The van der Waals surface area contributed by atoms with Crippen LogP contribution in [0.2, 0.25) is 0 Å². The normalized spacial score (nSPS) is 12.7. The van der Waals surface area contributed by atoms with Gasteiger partial charge < -0.3 is 10.2 Å². The van der Waals surface area contributed by atoms with E-state index in [0.29, 0.717) is 12.0 Å². The van der Waals surface area contributed by atoms with Gasteiger partial charge in [-0.3, -0.25) is 0 Å². The maximum absolute atomic E-state index is 3.62. The van der Waals surface area contributed by atoms with E-state index in [1.807, 2.05) is 0 Å². The summed E-state index contributed by atoms with van der Waals surface area (Å²) in [6, 6.07) is 9.61. The van der Waals surface area contributed by atoms with Crippen LogP contribution in [-0.2, 0) is 0 Å². The fourth-order valence-electron chi connectivity index (χ4n) is 2.59. The van der Waals surface area contributed by atoms with Crippen molar-refractivity contribution in [2.75, 3.05) is 24.5 Å². The van der Waals surface area contributed by atoms with Gasteiger partial charge in [0, 0.05) is 24.8 Å². The van der Waals surface area contributed by atoms with Gasteiger partial charge >= 0.3 is 0 Å². The first kappa shape index (κ1) is 17.0. The molecule has 0 spiro atoms. The summed E-state index contributed by atoms with van der Waals surface area (Å²) in [4.78, 5) is 2.45. The second-order valence-electron chi connectivity index (χ2n) is 5.94. The molecule has 0 heterocycles. The molecule has 0 bridgehead atoms. The van der Waals surface area contributed by atoms with Gasteiger partial charge in [-0.15, -0.1) is 0 Å². The molecule has 0 aromatic heterocycles. The highest BCUT2D eigenvalue weighted by Crippen LogP contribution is 2.22. The Hall–Kier alpha value is -1.02. The van der Waals surface area contributed by atoms with Gasteiger partial charge in [0.25, 0.3) is 0 Å². The minimum Gasteiger partial charge on any atom is -0.372 e. The molecular weight excluding hydrogens is 244 g/mol. The van der Waals surface area contributed by atoms with Crippen molar-refractivity contribution in [1.82, 2.24) is 5.32 Å². The molecule has 1 aromatic rings. The zero-order valence-electron chi connectivity index (χ0n) is 13.9. The fourth-order valence-corrected chi connectivity index (χ4v) is 2.59. The first-order chi connectivity index (χ1) is 9.62. The maximum Gasteiger partial charge on any atom is 0.0366 e. The van der Waals surface area contributed by atoms with Gasteiger partial charge in [-0.05, 0) is 49.9 Å². The summed E-state index contributed by atoms with van der Waals surface area (Å²) in [5, 5.41) is 3.62. The topological polar surface area (TPSA) is 15.3 Å². The number of hydrogen-bond acceptors (Lipinski definition) is 2. The molecule has 0 aliphatic rings. The molecule has 0 aliphatic heterocycles. The van der Waals surface area contributed by atoms with E-state index in [0.717, 1.165) is 26.1 Å². The van der Waals surface area contributed by atoms with Gasteiger partial charge in [0.2, 0.25) is 0 Å². The van der Waals surface area contributed by atoms with E-state index in [-0.39, 0.29) is 0 Å². The smallest absolute Gasteiger partial charge is 0.0366 e. The van der Waals surface area contributed by atoms with Crippen LogP contribution in [0.4, 0.5) is 5.69 Å². The largest absolute Gasteiger partial charge is 0.372 e. The Labute approximate surface area is 125 Å². The predicted molar refractivity (Wildman–Crippen MR) is 90.5 cm³/mol. The standard InChI is InChI=1S/C18H32N2/c1-6-13-19-18(7-2)16-9-11-17(12-10-16)20(8-3)14-15(4)5/h9-12,15,18-19H,6-8,13-14H2,1-5H3. The van der Waals surface area contributed by atoms with Crippen molar-refractivity contribution >= 4 is 5.69 Å². The number of anilines is 1. The van der Waals surface area contributed by atoms with Gasteiger partial charge in [-0.2, -0.15) is 0 Å². The summed E-state index contributed by atoms with van der Waals surface area (Å²) in [6.45, 7) is 14.5. The molecule has 0 fully saturated rings. The molecule has 0 radical (unpaired) electrons. The summed E-state index contributed by atoms with van der Waals surface area (Å²) in [5.74, 6) is 0.698. The van der Waals surface area contributed by atoms with Gasteiger partial charge in [-0.25, -0.2) is 0 Å². The minimum absolute atomic E-state index is 0.490. The van der Waals surface area contributed by atoms with Crippen LogP contribution in [0.1, 0.15) is 59.1 Å². The van der Waals surface area contributed by atoms with Crippen molar-refractivity contribution in [1.29, 1.82) is 0 Å². The lowest BCUT2D eigenvalue weighted by atomic mass is 10.0. The zero-order chi connectivity index (χ0) is 15.0. The minimum atomic E-state index is 0.490. The molecule has 0 amide bonds. The molecule has 1 rings (SSSR count). The van der Waals surface area contributed by atoms with Crippen LogP contribution >= 0.6 is 0 Å². The summed E-state index contributed by atoms with van der Waals surface area (Å²) < 4.78 is 0. The summed E-state index contributed by atoms with van der Waals surface area (Å²) in [6.07, 6.45) is 2.33. The van der Waals surface area contributed by atoms with Crippen molar-refractivity contribution in [2.24, 2.45) is 5.92 Å². The highest BCUT2D eigenvalue weighted by Gasteiger charge is 2.10. The monoisotopic (exact) mass is 276 g/mol. The lowest BCUT2D eigenvalue weighted by molar-refractivity contribution is 0.518. The molecule has 1 atom stereocenters. The van der Waals surface area contributed by atoms with E-state index in [2.05, 4.69) is 69.1 Å². The Morgan fingerprint density at radius 3 is 2.15 bits per heavy atom. The first-order valence-corrected chi connectivity index (χ1v) is 8.20. The first-order valence-electron chi connectivity index (χ1n) is 8.20. The van der Waals surface area contributed by atoms with Crippen molar-refractivity contribution < 1.29 is 0 Å². The third-order valence-electron chi connectivity index (χ3n) is 3.68. The quantitative estimate of drug-likeness (QED) is 0.708. The van der Waals surface area contributed by atoms with Crippen LogP contribution < -0.4 is 10.2 Å². The molecule has 114 valence electrons. The van der Waals surface area contributed by atoms with Crippen LogP contribution in [0.3, 0.4) is 0 Å². The van der Waals surface area contributed by atoms with Gasteiger partial charge in [-0.1, -0.05) is 39.8 Å². The Morgan fingerprint density at radius 2 is 1.70 bits per heavy atom. The number of nitrogens with zero attached hydrogens (tertiary/aromatic N) is 1. The number of benzene rings is 1. The van der Waals surface area contributed by atoms with Gasteiger partial charge in [0.1, 0.15) is 0 Å². The zero-order valence-corrected chi connectivity index (χ0v) is 13.9. The Kier molecular flexibility index (Phi) is 7.68. The molecule has 1 N–H and O–H groups in total. The van der Waals surface area contributed by atoms with E-state index in [1.54, 1.807) is 0 Å². The SMILES string of the molecule is CCCNC(CC)c1ccc(N(CC)CC(C)C)cc1. The van der Waals surface area contributed by atoms with Crippen LogP contribution in [0.5, 0.6) is 0 Å². The second-order valence-corrected chi connectivity index (χ2v) is 5.94. The highest BCUT2D eigenvalue weighted by atomic mass is 15.1. The van der Waals surface area contributed by atoms with E-state index >= 15 is 0 Å². The molecule has 0 aliphatic carbocycles. The Bertz CT molecular complexity index is 356. The maximum atomic E-state index is 3.62. The lowest BCUT2D eigenvalue weighted by Gasteiger charge is -2.26. The van der Waals surface area contributed by atoms with E-state index in [9.17, 15) is 0 Å². The average molecular weight is 276 g/mol. The Balaban J connectivity index is 2.75. The number of rotatable bonds is 9. The summed E-state index contributed by atoms with van der Waals surface area (Å²) in [7, 11) is 0. The molecule has 0 saturated carbocycles. The number of nitrogens with one attached hydrogen (secondary N) is 1. The third-order valence-corrected chi connectivity index (χ3v) is 3.68.